The molecule has 0 bridgehead atoms. The first-order valence-corrected chi connectivity index (χ1v) is 11.3. The van der Waals surface area contributed by atoms with Crippen molar-refractivity contribution in [3.05, 3.63) is 46.5 Å². The standard InChI is InChI=1S/C17H18Cl2N5O4P/c18-11-2-1-3-12(19)14(11)13-4-6-27-29(25,28-13)10-26-7-5-24-9-23-15-16(20)21-8-22-17(15)24/h1-3,8-9,13H,4-7,10H2,(H2,20,21,22). The lowest BCUT2D eigenvalue weighted by Crippen LogP contribution is -2.18. The van der Waals surface area contributed by atoms with Crippen molar-refractivity contribution in [3.8, 4) is 0 Å². The highest BCUT2D eigenvalue weighted by molar-refractivity contribution is 7.53. The zero-order valence-electron chi connectivity index (χ0n) is 15.2. The molecule has 154 valence electrons. The van der Waals surface area contributed by atoms with Gasteiger partial charge in [0.05, 0.1) is 25.6 Å². The van der Waals surface area contributed by atoms with E-state index in [1.807, 2.05) is 0 Å². The number of nitrogens with two attached hydrogens (primary N) is 1. The molecule has 0 aliphatic carbocycles. The number of anilines is 1. The number of aromatic nitrogens is 4. The third-order valence-electron chi connectivity index (χ3n) is 4.43. The number of fused-ring (bicyclic) bond motifs is 1. The molecule has 3 aromatic rings. The molecule has 0 amide bonds. The first-order valence-electron chi connectivity index (χ1n) is 8.82. The summed E-state index contributed by atoms with van der Waals surface area (Å²) in [5.41, 5.74) is 7.52. The second-order valence-electron chi connectivity index (χ2n) is 6.37. The van der Waals surface area contributed by atoms with E-state index in [-0.39, 0.29) is 19.6 Å². The van der Waals surface area contributed by atoms with Gasteiger partial charge in [-0.05, 0) is 12.1 Å². The van der Waals surface area contributed by atoms with Gasteiger partial charge in [0.25, 0.3) is 0 Å². The SMILES string of the molecule is Nc1ncnc2c1ncn2CCOCP1(=O)OCCC(c2c(Cl)cccc2Cl)O1. The van der Waals surface area contributed by atoms with Gasteiger partial charge >= 0.3 is 7.60 Å². The molecule has 3 heterocycles. The maximum absolute atomic E-state index is 12.9. The van der Waals surface area contributed by atoms with Crippen molar-refractivity contribution in [3.63, 3.8) is 0 Å². The molecule has 0 radical (unpaired) electrons. The average molecular weight is 458 g/mol. The number of rotatable bonds is 6. The largest absolute Gasteiger partial charge is 0.382 e. The van der Waals surface area contributed by atoms with Gasteiger partial charge in [-0.2, -0.15) is 0 Å². The topological polar surface area (TPSA) is 114 Å². The number of halogens is 2. The number of nitrogens with zero attached hydrogens (tertiary/aromatic N) is 4. The normalized spacial score (nSPS) is 22.2. The Morgan fingerprint density at radius 2 is 2.07 bits per heavy atom. The summed E-state index contributed by atoms with van der Waals surface area (Å²) in [4.78, 5) is 12.3. The molecular weight excluding hydrogens is 440 g/mol. The molecule has 2 atom stereocenters. The molecule has 2 N–H and O–H groups in total. The molecule has 4 rings (SSSR count). The zero-order chi connectivity index (χ0) is 20.4. The Hall–Kier alpha value is -1.74. The van der Waals surface area contributed by atoms with Crippen LogP contribution in [0.1, 0.15) is 18.1 Å². The van der Waals surface area contributed by atoms with Crippen LogP contribution in [0.15, 0.2) is 30.9 Å². The third-order valence-corrected chi connectivity index (χ3v) is 6.74. The van der Waals surface area contributed by atoms with Crippen LogP contribution in [0.3, 0.4) is 0 Å². The van der Waals surface area contributed by atoms with E-state index in [9.17, 15) is 4.57 Å². The molecule has 1 aliphatic rings. The summed E-state index contributed by atoms with van der Waals surface area (Å²) >= 11 is 12.5. The lowest BCUT2D eigenvalue weighted by atomic mass is 10.1. The van der Waals surface area contributed by atoms with E-state index in [2.05, 4.69) is 15.0 Å². The van der Waals surface area contributed by atoms with Gasteiger partial charge < -0.3 is 19.6 Å². The summed E-state index contributed by atoms with van der Waals surface area (Å²) in [5.74, 6) is 0.312. The van der Waals surface area contributed by atoms with E-state index in [0.29, 0.717) is 45.6 Å². The van der Waals surface area contributed by atoms with Crippen LogP contribution >= 0.6 is 30.8 Å². The van der Waals surface area contributed by atoms with Crippen LogP contribution in [-0.2, 0) is 24.9 Å². The Morgan fingerprint density at radius 1 is 1.28 bits per heavy atom. The summed E-state index contributed by atoms with van der Waals surface area (Å²) in [7, 11) is -3.45. The van der Waals surface area contributed by atoms with Gasteiger partial charge in [0.1, 0.15) is 18.2 Å². The highest BCUT2D eigenvalue weighted by Gasteiger charge is 2.36. The van der Waals surface area contributed by atoms with Crippen molar-refractivity contribution < 1.29 is 18.3 Å². The number of imidazole rings is 1. The molecule has 12 heteroatoms. The quantitative estimate of drug-likeness (QED) is 0.435. The van der Waals surface area contributed by atoms with Crippen LogP contribution in [0.25, 0.3) is 11.2 Å². The van der Waals surface area contributed by atoms with Crippen molar-refractivity contribution in [2.75, 3.05) is 25.3 Å². The fourth-order valence-electron chi connectivity index (χ4n) is 3.06. The molecule has 0 saturated carbocycles. The van der Waals surface area contributed by atoms with Gasteiger partial charge in [-0.25, -0.2) is 15.0 Å². The Bertz CT molecular complexity index is 1060. The number of benzene rings is 1. The van der Waals surface area contributed by atoms with E-state index in [1.165, 1.54) is 6.33 Å². The zero-order valence-corrected chi connectivity index (χ0v) is 17.6. The first-order chi connectivity index (χ1) is 14.0. The van der Waals surface area contributed by atoms with Gasteiger partial charge in [-0.1, -0.05) is 29.3 Å². The van der Waals surface area contributed by atoms with Gasteiger partial charge in [0.2, 0.25) is 0 Å². The fraction of sp³-hybridized carbons (Fsp3) is 0.353. The van der Waals surface area contributed by atoms with Gasteiger partial charge in [-0.3, -0.25) is 9.09 Å². The predicted molar refractivity (Wildman–Crippen MR) is 109 cm³/mol. The second-order valence-corrected chi connectivity index (χ2v) is 9.13. The van der Waals surface area contributed by atoms with Crippen molar-refractivity contribution in [1.82, 2.24) is 19.5 Å². The Morgan fingerprint density at radius 3 is 2.86 bits per heavy atom. The van der Waals surface area contributed by atoms with Crippen molar-refractivity contribution in [2.24, 2.45) is 0 Å². The molecule has 1 aliphatic heterocycles. The second kappa shape index (κ2) is 8.55. The number of nitrogen functional groups attached to an aromatic ring is 1. The van der Waals surface area contributed by atoms with Crippen LogP contribution in [0.2, 0.25) is 10.0 Å². The predicted octanol–water partition coefficient (Wildman–Crippen LogP) is 4.06. The molecule has 29 heavy (non-hydrogen) atoms. The molecule has 1 saturated heterocycles. The minimum atomic E-state index is -3.45. The lowest BCUT2D eigenvalue weighted by Gasteiger charge is -2.30. The van der Waals surface area contributed by atoms with E-state index >= 15 is 0 Å². The Labute approximate surface area is 176 Å². The molecule has 1 aromatic carbocycles. The summed E-state index contributed by atoms with van der Waals surface area (Å²) in [6, 6.07) is 5.18. The first kappa shape index (κ1) is 20.5. The van der Waals surface area contributed by atoms with E-state index in [1.54, 1.807) is 29.1 Å². The van der Waals surface area contributed by atoms with E-state index in [4.69, 9.17) is 42.7 Å². The van der Waals surface area contributed by atoms with E-state index < -0.39 is 13.7 Å². The molecular formula is C17H18Cl2N5O4P. The summed E-state index contributed by atoms with van der Waals surface area (Å²) in [5, 5.41) is 0.926. The lowest BCUT2D eigenvalue weighted by molar-refractivity contribution is 0.0564. The smallest absolute Gasteiger partial charge is 0.356 e. The third kappa shape index (κ3) is 4.40. The van der Waals surface area contributed by atoms with Gasteiger partial charge in [0.15, 0.2) is 11.5 Å². The summed E-state index contributed by atoms with van der Waals surface area (Å²) < 4.78 is 31.4. The van der Waals surface area contributed by atoms with Crippen LogP contribution in [0.5, 0.6) is 0 Å². The number of ether oxygens (including phenoxy) is 1. The van der Waals surface area contributed by atoms with Crippen molar-refractivity contribution in [2.45, 2.75) is 19.1 Å². The Balaban J connectivity index is 1.36. The highest BCUT2D eigenvalue weighted by atomic mass is 35.5. The van der Waals surface area contributed by atoms with Crippen molar-refractivity contribution in [1.29, 1.82) is 0 Å². The van der Waals surface area contributed by atoms with Crippen molar-refractivity contribution >= 4 is 47.8 Å². The van der Waals surface area contributed by atoms with Crippen LogP contribution in [0, 0.1) is 0 Å². The highest BCUT2D eigenvalue weighted by Crippen LogP contribution is 2.57. The summed E-state index contributed by atoms with van der Waals surface area (Å²) in [6.45, 7) is 0.950. The van der Waals surface area contributed by atoms with Crippen LogP contribution in [0.4, 0.5) is 5.82 Å². The van der Waals surface area contributed by atoms with E-state index in [0.717, 1.165) is 0 Å². The number of hydrogen-bond donors (Lipinski definition) is 1. The average Bonchev–Trinajstić information content (AvgIpc) is 3.10. The molecule has 1 fully saturated rings. The van der Waals surface area contributed by atoms with Crippen LogP contribution in [-0.4, -0.2) is 39.1 Å². The molecule has 0 spiro atoms. The van der Waals surface area contributed by atoms with Gasteiger partial charge in [-0.15, -0.1) is 0 Å². The molecule has 2 unspecified atom stereocenters. The molecule has 9 nitrogen and oxygen atoms in total. The van der Waals surface area contributed by atoms with Gasteiger partial charge in [0, 0.05) is 28.6 Å². The minimum absolute atomic E-state index is 0.185. The molecule has 2 aromatic heterocycles. The monoisotopic (exact) mass is 457 g/mol. The Kier molecular flexibility index (Phi) is 6.06. The maximum Gasteiger partial charge on any atom is 0.356 e. The minimum Gasteiger partial charge on any atom is -0.382 e. The summed E-state index contributed by atoms with van der Waals surface area (Å²) in [6.07, 6.45) is 2.77. The fourth-order valence-corrected chi connectivity index (χ4v) is 5.23. The van der Waals surface area contributed by atoms with Crippen LogP contribution < -0.4 is 5.73 Å². The number of hydrogen-bond acceptors (Lipinski definition) is 8. The maximum atomic E-state index is 12.9.